The number of urea groups is 1. The monoisotopic (exact) mass is 298 g/mol. The summed E-state index contributed by atoms with van der Waals surface area (Å²) in [6, 6.07) is 12.8. The van der Waals surface area contributed by atoms with Crippen LogP contribution in [0.4, 0.5) is 4.79 Å². The summed E-state index contributed by atoms with van der Waals surface area (Å²) in [6.07, 6.45) is 0.569. The summed E-state index contributed by atoms with van der Waals surface area (Å²) in [6.45, 7) is 0. The van der Waals surface area contributed by atoms with Gasteiger partial charge in [-0.3, -0.25) is 10.1 Å². The van der Waals surface area contributed by atoms with Gasteiger partial charge in [0.15, 0.2) is 0 Å². The molecular weight excluding hydrogens is 284 g/mol. The van der Waals surface area contributed by atoms with Crippen molar-refractivity contribution in [3.8, 4) is 5.75 Å². The lowest BCUT2D eigenvalue weighted by molar-refractivity contribution is -0.109. The predicted molar refractivity (Wildman–Crippen MR) is 79.4 cm³/mol. The smallest absolute Gasteiger partial charge is 0.322 e. The summed E-state index contributed by atoms with van der Waals surface area (Å²) in [5.41, 5.74) is 0.572. The van der Waals surface area contributed by atoms with Gasteiger partial charge in [-0.15, -0.1) is 0 Å². The highest BCUT2D eigenvalue weighted by Crippen LogP contribution is 2.15. The standard InChI is InChI=1S/C16H14N2O4/c19-10-13(11-6-2-1-3-7-11)17-16(22)18-15(21)12-8-4-5-9-14(12)20/h1-10,13,20H,(H2,17,18,21,22). The molecule has 0 aliphatic carbocycles. The van der Waals surface area contributed by atoms with E-state index in [0.29, 0.717) is 11.8 Å². The van der Waals surface area contributed by atoms with E-state index in [1.807, 2.05) is 0 Å². The second-order valence-electron chi connectivity index (χ2n) is 4.47. The first-order valence-electron chi connectivity index (χ1n) is 6.52. The molecule has 0 radical (unpaired) electrons. The Morgan fingerprint density at radius 3 is 2.27 bits per heavy atom. The first-order chi connectivity index (χ1) is 10.6. The zero-order valence-corrected chi connectivity index (χ0v) is 11.5. The molecule has 22 heavy (non-hydrogen) atoms. The van der Waals surface area contributed by atoms with Crippen LogP contribution in [0.15, 0.2) is 54.6 Å². The van der Waals surface area contributed by atoms with E-state index in [-0.39, 0.29) is 11.3 Å². The molecule has 0 aromatic heterocycles. The van der Waals surface area contributed by atoms with Gasteiger partial charge in [0.2, 0.25) is 0 Å². The molecule has 3 amide bonds. The maximum absolute atomic E-state index is 11.9. The molecule has 2 aromatic rings. The molecule has 112 valence electrons. The SMILES string of the molecule is O=CC(NC(=O)NC(=O)c1ccccc1O)c1ccccc1. The van der Waals surface area contributed by atoms with Crippen molar-refractivity contribution in [3.05, 3.63) is 65.7 Å². The topological polar surface area (TPSA) is 95.5 Å². The van der Waals surface area contributed by atoms with Crippen molar-refractivity contribution < 1.29 is 19.5 Å². The Kier molecular flexibility index (Phi) is 4.87. The zero-order valence-electron chi connectivity index (χ0n) is 11.5. The minimum Gasteiger partial charge on any atom is -0.507 e. The number of aldehydes is 1. The first kappa shape index (κ1) is 15.2. The molecule has 0 bridgehead atoms. The predicted octanol–water partition coefficient (Wildman–Crippen LogP) is 1.77. The minimum atomic E-state index is -0.863. The van der Waals surface area contributed by atoms with Gasteiger partial charge in [-0.2, -0.15) is 0 Å². The van der Waals surface area contributed by atoms with Gasteiger partial charge in [0.05, 0.1) is 5.56 Å². The summed E-state index contributed by atoms with van der Waals surface area (Å²) in [7, 11) is 0. The van der Waals surface area contributed by atoms with Crippen LogP contribution in [0, 0.1) is 0 Å². The Morgan fingerprint density at radius 1 is 1.00 bits per heavy atom. The third-order valence-corrected chi connectivity index (χ3v) is 2.96. The molecule has 0 fully saturated rings. The summed E-state index contributed by atoms with van der Waals surface area (Å²) >= 11 is 0. The Bertz CT molecular complexity index is 686. The molecule has 2 aromatic carbocycles. The van der Waals surface area contributed by atoms with Crippen LogP contribution in [-0.4, -0.2) is 23.3 Å². The van der Waals surface area contributed by atoms with Gasteiger partial charge in [0.1, 0.15) is 18.1 Å². The molecule has 0 heterocycles. The second kappa shape index (κ2) is 7.03. The third kappa shape index (κ3) is 3.69. The maximum Gasteiger partial charge on any atom is 0.322 e. The number of benzene rings is 2. The summed E-state index contributed by atoms with van der Waals surface area (Å²) in [4.78, 5) is 34.7. The number of amides is 3. The molecule has 0 aliphatic rings. The van der Waals surface area contributed by atoms with E-state index in [1.165, 1.54) is 12.1 Å². The van der Waals surface area contributed by atoms with E-state index in [2.05, 4.69) is 10.6 Å². The van der Waals surface area contributed by atoms with Crippen LogP contribution in [0.2, 0.25) is 0 Å². The molecule has 1 unspecified atom stereocenters. The molecule has 6 heteroatoms. The summed E-state index contributed by atoms with van der Waals surface area (Å²) in [5, 5.41) is 14.0. The van der Waals surface area contributed by atoms with Crippen LogP contribution in [0.5, 0.6) is 5.75 Å². The number of imide groups is 1. The Morgan fingerprint density at radius 2 is 1.64 bits per heavy atom. The van der Waals surface area contributed by atoms with E-state index < -0.39 is 18.0 Å². The summed E-state index contributed by atoms with van der Waals surface area (Å²) < 4.78 is 0. The number of phenols is 1. The van der Waals surface area contributed by atoms with Crippen molar-refractivity contribution in [2.75, 3.05) is 0 Å². The number of carbonyl (C=O) groups excluding carboxylic acids is 3. The average molecular weight is 298 g/mol. The van der Waals surface area contributed by atoms with E-state index >= 15 is 0 Å². The first-order valence-corrected chi connectivity index (χ1v) is 6.52. The third-order valence-electron chi connectivity index (χ3n) is 2.96. The van der Waals surface area contributed by atoms with Gasteiger partial charge in [-0.05, 0) is 17.7 Å². The van der Waals surface area contributed by atoms with E-state index in [4.69, 9.17) is 0 Å². The lowest BCUT2D eigenvalue weighted by Crippen LogP contribution is -2.41. The lowest BCUT2D eigenvalue weighted by Gasteiger charge is -2.13. The van der Waals surface area contributed by atoms with Crippen molar-refractivity contribution in [1.29, 1.82) is 0 Å². The van der Waals surface area contributed by atoms with Crippen LogP contribution in [0.1, 0.15) is 22.0 Å². The molecule has 3 N–H and O–H groups in total. The highest BCUT2D eigenvalue weighted by atomic mass is 16.3. The van der Waals surface area contributed by atoms with Crippen LogP contribution in [-0.2, 0) is 4.79 Å². The van der Waals surface area contributed by atoms with Gasteiger partial charge in [-0.25, -0.2) is 4.79 Å². The van der Waals surface area contributed by atoms with Gasteiger partial charge in [-0.1, -0.05) is 42.5 Å². The Labute approximate surface area is 126 Å². The quantitative estimate of drug-likeness (QED) is 0.750. The number of rotatable bonds is 4. The Balaban J connectivity index is 2.02. The average Bonchev–Trinajstić information content (AvgIpc) is 2.53. The number of carbonyl (C=O) groups is 3. The van der Waals surface area contributed by atoms with Gasteiger partial charge in [0.25, 0.3) is 5.91 Å². The van der Waals surface area contributed by atoms with Gasteiger partial charge < -0.3 is 15.2 Å². The van der Waals surface area contributed by atoms with E-state index in [9.17, 15) is 19.5 Å². The zero-order chi connectivity index (χ0) is 15.9. The van der Waals surface area contributed by atoms with Crippen molar-refractivity contribution in [3.63, 3.8) is 0 Å². The molecule has 0 aliphatic heterocycles. The number of aromatic hydroxyl groups is 1. The van der Waals surface area contributed by atoms with E-state index in [0.717, 1.165) is 0 Å². The van der Waals surface area contributed by atoms with Gasteiger partial charge >= 0.3 is 6.03 Å². The van der Waals surface area contributed by atoms with Crippen molar-refractivity contribution in [2.24, 2.45) is 0 Å². The molecule has 1 atom stereocenters. The maximum atomic E-state index is 11.9. The number of hydrogen-bond donors (Lipinski definition) is 3. The molecule has 0 spiro atoms. The van der Waals surface area contributed by atoms with Crippen molar-refractivity contribution in [1.82, 2.24) is 10.6 Å². The van der Waals surface area contributed by atoms with Crippen LogP contribution >= 0.6 is 0 Å². The largest absolute Gasteiger partial charge is 0.507 e. The lowest BCUT2D eigenvalue weighted by atomic mass is 10.1. The summed E-state index contributed by atoms with van der Waals surface area (Å²) in [5.74, 6) is -0.990. The van der Waals surface area contributed by atoms with Crippen molar-refractivity contribution in [2.45, 2.75) is 6.04 Å². The molecule has 2 rings (SSSR count). The fourth-order valence-corrected chi connectivity index (χ4v) is 1.87. The highest BCUT2D eigenvalue weighted by Gasteiger charge is 2.17. The van der Waals surface area contributed by atoms with Crippen LogP contribution < -0.4 is 10.6 Å². The molecular formula is C16H14N2O4. The number of nitrogens with one attached hydrogen (secondary N) is 2. The fraction of sp³-hybridized carbons (Fsp3) is 0.0625. The number of para-hydroxylation sites is 1. The molecule has 0 saturated heterocycles. The number of hydrogen-bond acceptors (Lipinski definition) is 4. The minimum absolute atomic E-state index is 0.0278. The van der Waals surface area contributed by atoms with E-state index in [1.54, 1.807) is 42.5 Å². The number of phenolic OH excluding ortho intramolecular Hbond substituents is 1. The Hall–Kier alpha value is -3.15. The molecule has 0 saturated carbocycles. The van der Waals surface area contributed by atoms with Gasteiger partial charge in [0, 0.05) is 0 Å². The molecule has 6 nitrogen and oxygen atoms in total. The normalized spacial score (nSPS) is 11.3. The highest BCUT2D eigenvalue weighted by molar-refractivity contribution is 6.06. The van der Waals surface area contributed by atoms with Crippen LogP contribution in [0.25, 0.3) is 0 Å². The second-order valence-corrected chi connectivity index (χ2v) is 4.47. The fourth-order valence-electron chi connectivity index (χ4n) is 1.87. The van der Waals surface area contributed by atoms with Crippen LogP contribution in [0.3, 0.4) is 0 Å². The van der Waals surface area contributed by atoms with Crippen molar-refractivity contribution >= 4 is 18.2 Å².